The lowest BCUT2D eigenvalue weighted by atomic mass is 10.1. The van der Waals surface area contributed by atoms with Crippen molar-refractivity contribution in [1.82, 2.24) is 24.8 Å². The van der Waals surface area contributed by atoms with Gasteiger partial charge in [-0.3, -0.25) is 9.59 Å². The molecule has 0 bridgehead atoms. The van der Waals surface area contributed by atoms with Gasteiger partial charge >= 0.3 is 0 Å². The summed E-state index contributed by atoms with van der Waals surface area (Å²) in [6.07, 6.45) is 0. The molecule has 0 aliphatic rings. The average Bonchev–Trinajstić information content (AvgIpc) is 3.19. The maximum absolute atomic E-state index is 12.7. The average molecular weight is 366 g/mol. The van der Waals surface area contributed by atoms with Gasteiger partial charge in [-0.1, -0.05) is 12.1 Å². The smallest absolute Gasteiger partial charge is 0.248 e. The second kappa shape index (κ2) is 7.14. The van der Waals surface area contributed by atoms with Crippen molar-refractivity contribution >= 4 is 11.7 Å². The van der Waals surface area contributed by atoms with Gasteiger partial charge in [0.05, 0.1) is 0 Å². The monoisotopic (exact) mass is 366 g/mol. The Balaban J connectivity index is 1.79. The molecule has 0 radical (unpaired) electrons. The van der Waals surface area contributed by atoms with Crippen molar-refractivity contribution < 1.29 is 9.59 Å². The van der Waals surface area contributed by atoms with Crippen LogP contribution in [0.3, 0.4) is 0 Å². The highest BCUT2D eigenvalue weighted by molar-refractivity contribution is 5.97. The summed E-state index contributed by atoms with van der Waals surface area (Å²) in [6.45, 7) is 8.12. The first-order chi connectivity index (χ1) is 12.8. The fourth-order valence-corrected chi connectivity index (χ4v) is 3.28. The van der Waals surface area contributed by atoms with Crippen LogP contribution < -0.4 is 5.73 Å². The van der Waals surface area contributed by atoms with Crippen LogP contribution in [0, 0.1) is 13.8 Å². The summed E-state index contributed by atoms with van der Waals surface area (Å²) in [5.74, 6) is -0.183. The van der Waals surface area contributed by atoms with Gasteiger partial charge in [-0.15, -0.1) is 10.2 Å². The Hall–Kier alpha value is -3.29. The molecule has 8 nitrogen and oxygen atoms in total. The van der Waals surface area contributed by atoms with Crippen molar-refractivity contribution in [1.29, 1.82) is 0 Å². The van der Waals surface area contributed by atoms with E-state index >= 15 is 0 Å². The predicted molar refractivity (Wildman–Crippen MR) is 100 cm³/mol. The van der Waals surface area contributed by atoms with E-state index in [0.717, 1.165) is 11.4 Å². The molecule has 3 aromatic rings. The summed E-state index contributed by atoms with van der Waals surface area (Å²) in [4.78, 5) is 25.1. The molecule has 0 unspecified atom stereocenters. The molecular weight excluding hydrogens is 344 g/mol. The van der Waals surface area contributed by atoms with Crippen LogP contribution >= 0.6 is 0 Å². The molecular formula is C19H22N6O2. The number of nitrogens with zero attached hydrogens (tertiary/aromatic N) is 5. The van der Waals surface area contributed by atoms with E-state index in [4.69, 9.17) is 5.73 Å². The number of primary amides is 1. The Labute approximate surface area is 157 Å². The molecule has 1 aromatic carbocycles. The molecule has 0 saturated heterocycles. The lowest BCUT2D eigenvalue weighted by Gasteiger charge is -2.13. The zero-order chi connectivity index (χ0) is 19.7. The molecule has 3 rings (SSSR count). The summed E-state index contributed by atoms with van der Waals surface area (Å²) in [5, 5.41) is 12.2. The normalized spacial score (nSPS) is 11.1. The number of nitrogens with two attached hydrogens (primary N) is 1. The predicted octanol–water partition coefficient (Wildman–Crippen LogP) is 2.32. The Bertz CT molecular complexity index is 998. The summed E-state index contributed by atoms with van der Waals surface area (Å²) in [6, 6.07) is 8.78. The zero-order valence-electron chi connectivity index (χ0n) is 15.8. The molecule has 140 valence electrons. The molecule has 0 aliphatic heterocycles. The highest BCUT2D eigenvalue weighted by Gasteiger charge is 2.18. The number of rotatable bonds is 6. The first-order valence-corrected chi connectivity index (χ1v) is 8.67. The topological polar surface area (TPSA) is 109 Å². The number of amides is 1. The third kappa shape index (κ3) is 3.64. The highest BCUT2D eigenvalue weighted by Crippen LogP contribution is 2.21. The minimum absolute atomic E-state index is 0.00869. The summed E-state index contributed by atoms with van der Waals surface area (Å²) >= 11 is 0. The number of aryl methyl sites for hydroxylation is 1. The summed E-state index contributed by atoms with van der Waals surface area (Å²) in [5.41, 5.74) is 8.99. The number of carbonyl (C=O) groups is 2. The maximum Gasteiger partial charge on any atom is 0.248 e. The van der Waals surface area contributed by atoms with Crippen LogP contribution in [0.5, 0.6) is 0 Å². The molecule has 1 amide bonds. The maximum atomic E-state index is 12.7. The standard InChI is InChI=1S/C19H22N6O2/c1-11(2)25-12(3)9-16(13(25)4)17(26)10-24-22-19(21-23-24)15-7-5-14(6-8-15)18(20)27/h5-9,11H,10H2,1-4H3,(H2,20,27). The molecule has 0 fully saturated rings. The molecule has 2 N–H and O–H groups in total. The van der Waals surface area contributed by atoms with E-state index in [2.05, 4.69) is 33.8 Å². The number of ketones is 1. The van der Waals surface area contributed by atoms with Gasteiger partial charge in [0.2, 0.25) is 11.7 Å². The van der Waals surface area contributed by atoms with Crippen LogP contribution in [0.25, 0.3) is 11.4 Å². The van der Waals surface area contributed by atoms with Crippen LogP contribution in [0.4, 0.5) is 0 Å². The second-order valence-corrected chi connectivity index (χ2v) is 6.76. The molecule has 27 heavy (non-hydrogen) atoms. The van der Waals surface area contributed by atoms with Crippen LogP contribution in [0.1, 0.15) is 52.0 Å². The summed E-state index contributed by atoms with van der Waals surface area (Å²) < 4.78 is 2.13. The van der Waals surface area contributed by atoms with E-state index in [1.807, 2.05) is 19.9 Å². The largest absolute Gasteiger partial charge is 0.366 e. The number of hydrogen-bond donors (Lipinski definition) is 1. The van der Waals surface area contributed by atoms with E-state index < -0.39 is 5.91 Å². The number of tetrazole rings is 1. The Kier molecular flexibility index (Phi) is 4.89. The van der Waals surface area contributed by atoms with Crippen molar-refractivity contribution in [3.63, 3.8) is 0 Å². The lowest BCUT2D eigenvalue weighted by Crippen LogP contribution is -2.14. The van der Waals surface area contributed by atoms with Gasteiger partial charge in [-0.2, -0.15) is 4.80 Å². The molecule has 8 heteroatoms. The van der Waals surface area contributed by atoms with Crippen LogP contribution in [0.2, 0.25) is 0 Å². The number of carbonyl (C=O) groups excluding carboxylic acids is 2. The van der Waals surface area contributed by atoms with Crippen molar-refractivity contribution in [3.05, 3.63) is 52.8 Å². The van der Waals surface area contributed by atoms with E-state index in [1.54, 1.807) is 24.3 Å². The van der Waals surface area contributed by atoms with Crippen molar-refractivity contribution in [3.8, 4) is 11.4 Å². The van der Waals surface area contributed by atoms with E-state index in [9.17, 15) is 9.59 Å². The Morgan fingerprint density at radius 2 is 1.81 bits per heavy atom. The lowest BCUT2D eigenvalue weighted by molar-refractivity contribution is 0.0959. The zero-order valence-corrected chi connectivity index (χ0v) is 15.8. The van der Waals surface area contributed by atoms with Crippen LogP contribution in [0.15, 0.2) is 30.3 Å². The first kappa shape index (κ1) is 18.5. The van der Waals surface area contributed by atoms with Crippen molar-refractivity contribution in [2.75, 3.05) is 0 Å². The van der Waals surface area contributed by atoms with Crippen molar-refractivity contribution in [2.45, 2.75) is 40.3 Å². The molecule has 0 aliphatic carbocycles. The van der Waals surface area contributed by atoms with Gasteiger partial charge in [-0.05, 0) is 51.1 Å². The quantitative estimate of drug-likeness (QED) is 0.673. The molecule has 2 heterocycles. The fourth-order valence-electron chi connectivity index (χ4n) is 3.28. The second-order valence-electron chi connectivity index (χ2n) is 6.76. The SMILES string of the molecule is Cc1cc(C(=O)Cn2nnc(-c3ccc(C(N)=O)cc3)n2)c(C)n1C(C)C. The minimum Gasteiger partial charge on any atom is -0.366 e. The number of aromatic nitrogens is 5. The molecule has 2 aromatic heterocycles. The number of benzene rings is 1. The molecule has 0 saturated carbocycles. The van der Waals surface area contributed by atoms with Gasteiger partial charge < -0.3 is 10.3 Å². The number of hydrogen-bond acceptors (Lipinski definition) is 5. The molecule has 0 atom stereocenters. The molecule has 0 spiro atoms. The highest BCUT2D eigenvalue weighted by atomic mass is 16.1. The Morgan fingerprint density at radius 1 is 1.15 bits per heavy atom. The number of Topliss-reactive ketones (excluding diaryl/α,β-unsaturated/α-hetero) is 1. The van der Waals surface area contributed by atoms with Crippen LogP contribution in [-0.4, -0.2) is 36.5 Å². The Morgan fingerprint density at radius 3 is 2.37 bits per heavy atom. The van der Waals surface area contributed by atoms with Gasteiger partial charge in [0.1, 0.15) is 6.54 Å². The first-order valence-electron chi connectivity index (χ1n) is 8.67. The van der Waals surface area contributed by atoms with Crippen molar-refractivity contribution in [2.24, 2.45) is 5.73 Å². The fraction of sp³-hybridized carbons (Fsp3) is 0.316. The van der Waals surface area contributed by atoms with Gasteiger partial charge in [0.15, 0.2) is 5.78 Å². The van der Waals surface area contributed by atoms with E-state index in [1.165, 1.54) is 4.80 Å². The van der Waals surface area contributed by atoms with E-state index in [-0.39, 0.29) is 18.4 Å². The van der Waals surface area contributed by atoms with Gasteiger partial charge in [-0.25, -0.2) is 0 Å². The van der Waals surface area contributed by atoms with E-state index in [0.29, 0.717) is 22.5 Å². The van der Waals surface area contributed by atoms with Crippen LogP contribution in [-0.2, 0) is 6.54 Å². The minimum atomic E-state index is -0.497. The summed E-state index contributed by atoms with van der Waals surface area (Å²) in [7, 11) is 0. The van der Waals surface area contributed by atoms with Gasteiger partial charge in [0, 0.05) is 34.1 Å². The van der Waals surface area contributed by atoms with Gasteiger partial charge in [0.25, 0.3) is 0 Å². The third-order valence-corrected chi connectivity index (χ3v) is 4.47. The third-order valence-electron chi connectivity index (χ3n) is 4.47.